The van der Waals surface area contributed by atoms with Crippen molar-refractivity contribution in [3.63, 3.8) is 0 Å². The second-order valence-electron chi connectivity index (χ2n) is 7.42. The number of benzene rings is 1. The third-order valence-electron chi connectivity index (χ3n) is 5.63. The Morgan fingerprint density at radius 1 is 1.10 bits per heavy atom. The third-order valence-corrected chi connectivity index (χ3v) is 6.48. The van der Waals surface area contributed by atoms with Crippen LogP contribution in [0.5, 0.6) is 0 Å². The van der Waals surface area contributed by atoms with Gasteiger partial charge in [-0.15, -0.1) is 11.3 Å². The van der Waals surface area contributed by atoms with Crippen LogP contribution < -0.4 is 0 Å². The molecule has 1 atom stereocenters. The predicted octanol–water partition coefficient (Wildman–Crippen LogP) is 2.61. The molecule has 3 heterocycles. The summed E-state index contributed by atoms with van der Waals surface area (Å²) in [6.45, 7) is 2.68. The van der Waals surface area contributed by atoms with Crippen molar-refractivity contribution < 1.29 is 24.2 Å². The van der Waals surface area contributed by atoms with Crippen LogP contribution in [0.3, 0.4) is 0 Å². The highest BCUT2D eigenvalue weighted by Gasteiger charge is 2.54. The SMILES string of the molecule is Cc1ccc(C(=O)N2[C@H](C(=O)O)COC23CCN(C(=O)c2cccs2)CC3)cc1. The lowest BCUT2D eigenvalue weighted by Crippen LogP contribution is -2.58. The van der Waals surface area contributed by atoms with Crippen molar-refractivity contribution in [1.82, 2.24) is 9.80 Å². The van der Waals surface area contributed by atoms with E-state index in [1.165, 1.54) is 16.2 Å². The number of carboxylic acids is 1. The van der Waals surface area contributed by atoms with Crippen LogP contribution in [0.4, 0.5) is 0 Å². The van der Waals surface area contributed by atoms with E-state index in [1.54, 1.807) is 23.1 Å². The number of likely N-dealkylation sites (tertiary alicyclic amines) is 1. The number of hydrogen-bond acceptors (Lipinski definition) is 5. The Labute approximate surface area is 172 Å². The molecule has 29 heavy (non-hydrogen) atoms. The molecule has 2 aromatic rings. The summed E-state index contributed by atoms with van der Waals surface area (Å²) >= 11 is 1.39. The van der Waals surface area contributed by atoms with Crippen molar-refractivity contribution >= 4 is 29.1 Å². The minimum Gasteiger partial charge on any atom is -0.480 e. The van der Waals surface area contributed by atoms with Crippen LogP contribution >= 0.6 is 11.3 Å². The molecule has 8 heteroatoms. The number of thiophene rings is 1. The monoisotopic (exact) mass is 414 g/mol. The van der Waals surface area contributed by atoms with Gasteiger partial charge in [0.05, 0.1) is 11.5 Å². The molecule has 2 saturated heterocycles. The fraction of sp³-hybridized carbons (Fsp3) is 0.381. The van der Waals surface area contributed by atoms with E-state index in [4.69, 9.17) is 4.74 Å². The van der Waals surface area contributed by atoms with E-state index in [9.17, 15) is 19.5 Å². The Morgan fingerprint density at radius 3 is 2.38 bits per heavy atom. The Morgan fingerprint density at radius 2 is 1.79 bits per heavy atom. The van der Waals surface area contributed by atoms with Gasteiger partial charge < -0.3 is 14.7 Å². The number of aliphatic carboxylic acids is 1. The second kappa shape index (κ2) is 7.61. The van der Waals surface area contributed by atoms with Crippen LogP contribution in [-0.2, 0) is 9.53 Å². The molecule has 2 amide bonds. The molecule has 2 fully saturated rings. The first kappa shape index (κ1) is 19.6. The molecule has 2 aliphatic heterocycles. The molecule has 1 N–H and O–H groups in total. The van der Waals surface area contributed by atoms with Gasteiger partial charge in [0.25, 0.3) is 11.8 Å². The molecule has 0 saturated carbocycles. The number of hydrogen-bond donors (Lipinski definition) is 1. The van der Waals surface area contributed by atoms with Crippen LogP contribution in [0.25, 0.3) is 0 Å². The standard InChI is InChI=1S/C21H22N2O5S/c1-14-4-6-15(7-5-14)18(24)23-16(20(26)27)13-28-21(23)8-10-22(11-9-21)19(25)17-3-2-12-29-17/h2-7,12,16H,8-11,13H2,1H3,(H,26,27)/t16-/m0/s1. The summed E-state index contributed by atoms with van der Waals surface area (Å²) in [6, 6.07) is 9.66. The first-order valence-corrected chi connectivity index (χ1v) is 10.4. The van der Waals surface area contributed by atoms with Gasteiger partial charge in [0.1, 0.15) is 5.72 Å². The third kappa shape index (κ3) is 3.54. The maximum atomic E-state index is 13.3. The van der Waals surface area contributed by atoms with Crippen molar-refractivity contribution in [1.29, 1.82) is 0 Å². The Bertz CT molecular complexity index is 917. The summed E-state index contributed by atoms with van der Waals surface area (Å²) in [6.07, 6.45) is 0.761. The van der Waals surface area contributed by atoms with Crippen molar-refractivity contribution in [2.24, 2.45) is 0 Å². The number of carboxylic acid groups (broad SMARTS) is 1. The van der Waals surface area contributed by atoms with E-state index in [2.05, 4.69) is 0 Å². The van der Waals surface area contributed by atoms with Gasteiger partial charge >= 0.3 is 5.97 Å². The minimum atomic E-state index is -1.08. The highest BCUT2D eigenvalue weighted by Crippen LogP contribution is 2.39. The average Bonchev–Trinajstić information content (AvgIpc) is 3.37. The van der Waals surface area contributed by atoms with Gasteiger partial charge in [-0.05, 0) is 30.5 Å². The van der Waals surface area contributed by atoms with E-state index in [0.717, 1.165) is 5.56 Å². The van der Waals surface area contributed by atoms with Gasteiger partial charge in [-0.3, -0.25) is 14.5 Å². The molecule has 1 aromatic heterocycles. The van der Waals surface area contributed by atoms with Crippen LogP contribution in [0, 0.1) is 6.92 Å². The van der Waals surface area contributed by atoms with Gasteiger partial charge in [-0.2, -0.15) is 0 Å². The molecule has 152 valence electrons. The first-order chi connectivity index (χ1) is 13.9. The van der Waals surface area contributed by atoms with Crippen LogP contribution in [0.15, 0.2) is 41.8 Å². The topological polar surface area (TPSA) is 87.2 Å². The molecule has 0 bridgehead atoms. The zero-order valence-electron chi connectivity index (χ0n) is 16.0. The number of amides is 2. The number of carbonyl (C=O) groups is 3. The molecule has 0 radical (unpaired) electrons. The minimum absolute atomic E-state index is 0.0426. The predicted molar refractivity (Wildman–Crippen MR) is 107 cm³/mol. The molecule has 2 aliphatic rings. The van der Waals surface area contributed by atoms with Crippen molar-refractivity contribution in [3.8, 4) is 0 Å². The number of carbonyl (C=O) groups excluding carboxylic acids is 2. The first-order valence-electron chi connectivity index (χ1n) is 9.51. The molecule has 0 unspecified atom stereocenters. The Balaban J connectivity index is 1.57. The molecule has 7 nitrogen and oxygen atoms in total. The van der Waals surface area contributed by atoms with E-state index < -0.39 is 17.7 Å². The van der Waals surface area contributed by atoms with Gasteiger partial charge in [0, 0.05) is 31.5 Å². The Kier molecular flexibility index (Phi) is 5.14. The summed E-state index contributed by atoms with van der Waals surface area (Å²) in [4.78, 5) is 41.5. The van der Waals surface area contributed by atoms with E-state index in [-0.39, 0.29) is 18.4 Å². The molecular formula is C21H22N2O5S. The number of aryl methyl sites for hydroxylation is 1. The summed E-state index contributed by atoms with van der Waals surface area (Å²) in [5.74, 6) is -1.48. The molecular weight excluding hydrogens is 392 g/mol. The van der Waals surface area contributed by atoms with E-state index in [1.807, 2.05) is 30.5 Å². The van der Waals surface area contributed by atoms with Gasteiger partial charge in [-0.1, -0.05) is 23.8 Å². The highest BCUT2D eigenvalue weighted by molar-refractivity contribution is 7.12. The normalized spacial score (nSPS) is 20.8. The zero-order chi connectivity index (χ0) is 20.6. The van der Waals surface area contributed by atoms with Crippen molar-refractivity contribution in [3.05, 3.63) is 57.8 Å². The fourth-order valence-corrected chi connectivity index (χ4v) is 4.70. The van der Waals surface area contributed by atoms with Gasteiger partial charge in [0.15, 0.2) is 6.04 Å². The number of nitrogens with zero attached hydrogens (tertiary/aromatic N) is 2. The lowest BCUT2D eigenvalue weighted by atomic mass is 9.96. The Hall–Kier alpha value is -2.71. The zero-order valence-corrected chi connectivity index (χ0v) is 16.9. The number of rotatable bonds is 3. The van der Waals surface area contributed by atoms with Crippen LogP contribution in [-0.4, -0.2) is 64.2 Å². The smallest absolute Gasteiger partial charge is 0.328 e. The second-order valence-corrected chi connectivity index (χ2v) is 8.37. The van der Waals surface area contributed by atoms with Crippen molar-refractivity contribution in [2.75, 3.05) is 19.7 Å². The summed E-state index contributed by atoms with van der Waals surface area (Å²) < 4.78 is 5.94. The maximum absolute atomic E-state index is 13.3. The van der Waals surface area contributed by atoms with Crippen molar-refractivity contribution in [2.45, 2.75) is 31.5 Å². The number of ether oxygens (including phenoxy) is 1. The molecule has 1 spiro atoms. The number of piperidine rings is 1. The summed E-state index contributed by atoms with van der Waals surface area (Å²) in [5, 5.41) is 11.5. The van der Waals surface area contributed by atoms with E-state index in [0.29, 0.717) is 36.4 Å². The van der Waals surface area contributed by atoms with Crippen LogP contribution in [0.1, 0.15) is 38.4 Å². The van der Waals surface area contributed by atoms with Crippen LogP contribution in [0.2, 0.25) is 0 Å². The highest BCUT2D eigenvalue weighted by atomic mass is 32.1. The van der Waals surface area contributed by atoms with E-state index >= 15 is 0 Å². The molecule has 0 aliphatic carbocycles. The lowest BCUT2D eigenvalue weighted by molar-refractivity contribution is -0.143. The molecule has 4 rings (SSSR count). The van der Waals surface area contributed by atoms with Gasteiger partial charge in [0.2, 0.25) is 0 Å². The van der Waals surface area contributed by atoms with Gasteiger partial charge in [-0.25, -0.2) is 4.79 Å². The lowest BCUT2D eigenvalue weighted by Gasteiger charge is -2.44. The summed E-state index contributed by atoms with van der Waals surface area (Å²) in [5.41, 5.74) is 0.449. The average molecular weight is 414 g/mol. The fourth-order valence-electron chi connectivity index (χ4n) is 4.01. The largest absolute Gasteiger partial charge is 0.480 e. The summed E-state index contributed by atoms with van der Waals surface area (Å²) in [7, 11) is 0. The molecule has 1 aromatic carbocycles. The quantitative estimate of drug-likeness (QED) is 0.834. The maximum Gasteiger partial charge on any atom is 0.328 e.